The van der Waals surface area contributed by atoms with Crippen molar-refractivity contribution < 1.29 is 0 Å². The van der Waals surface area contributed by atoms with Gasteiger partial charge in [-0.1, -0.05) is 78.9 Å². The number of hydrogen-bond donors (Lipinski definition) is 0. The zero-order valence-electron chi connectivity index (χ0n) is 38.2. The van der Waals surface area contributed by atoms with E-state index in [2.05, 4.69) is 112 Å². The average Bonchev–Trinajstić information content (AvgIpc) is 3.96. The predicted octanol–water partition coefficient (Wildman–Crippen LogP) is 15.0. The van der Waals surface area contributed by atoms with Gasteiger partial charge in [0, 0.05) is 33.3 Å². The minimum atomic E-state index is 0.442. The normalized spacial score (nSPS) is 11.0. The van der Waals surface area contributed by atoms with Crippen molar-refractivity contribution >= 4 is 43.6 Å². The van der Waals surface area contributed by atoms with Crippen LogP contribution in [0.4, 0.5) is 0 Å². The van der Waals surface area contributed by atoms with Gasteiger partial charge in [0.2, 0.25) is 0 Å². The Labute approximate surface area is 413 Å². The van der Waals surface area contributed by atoms with E-state index in [-0.39, 0.29) is 0 Å². The van der Waals surface area contributed by atoms with E-state index in [9.17, 15) is 26.3 Å². The highest BCUT2D eigenvalue weighted by Gasteiger charge is 2.25. The van der Waals surface area contributed by atoms with Crippen molar-refractivity contribution in [2.75, 3.05) is 0 Å². The topological polar surface area (TPSA) is 142 Å². The highest BCUT2D eigenvalue weighted by molar-refractivity contribution is 6.14. The Hall–Kier alpha value is -10.8. The molecule has 0 N–H and O–H groups in total. The third-order valence-corrected chi connectivity index (χ3v) is 13.5. The number of pyridine rings is 1. The second-order valence-electron chi connectivity index (χ2n) is 17.6. The molecule has 72 heavy (non-hydrogen) atoms. The molecular formula is C64H34N8. The molecule has 0 aliphatic carbocycles. The number of aromatic nitrogens is 3. The Bertz CT molecular complexity index is 4250. The standard InChI is InChI=1S/C64H34N8/c65-35-40-7-1-11-44(27-40)48-18-22-57-53(31-48)54-32-49(45-12-2-8-41(28-45)36-66)19-23-58(54)71(57)61-16-5-15-52(39-69)63(61)64-62(17-6-26-70-64)72-59-24-20-50(46-13-3-9-42(29-46)37-67)33-55(59)56-34-51(21-25-60(56)72)47-14-4-10-43(30-47)38-68/h1-34H. The molecule has 8 nitrogen and oxygen atoms in total. The molecule has 0 aliphatic rings. The summed E-state index contributed by atoms with van der Waals surface area (Å²) in [4.78, 5) is 5.17. The van der Waals surface area contributed by atoms with E-state index in [1.807, 2.05) is 103 Å². The van der Waals surface area contributed by atoms with Gasteiger partial charge in [-0.05, 0) is 166 Å². The van der Waals surface area contributed by atoms with Gasteiger partial charge >= 0.3 is 0 Å². The average molecular weight is 915 g/mol. The first-order chi connectivity index (χ1) is 35.4. The summed E-state index contributed by atoms with van der Waals surface area (Å²) in [6.45, 7) is 0. The van der Waals surface area contributed by atoms with Gasteiger partial charge < -0.3 is 9.13 Å². The summed E-state index contributed by atoms with van der Waals surface area (Å²) in [5.41, 5.74) is 16.6. The number of benzene rings is 9. The molecule has 3 heterocycles. The minimum absolute atomic E-state index is 0.442. The Morgan fingerprint density at radius 2 is 0.639 bits per heavy atom. The smallest absolute Gasteiger partial charge is 0.0999 e. The van der Waals surface area contributed by atoms with Crippen molar-refractivity contribution in [2.24, 2.45) is 0 Å². The lowest BCUT2D eigenvalue weighted by atomic mass is 9.99. The Morgan fingerprint density at radius 3 is 1.00 bits per heavy atom. The first kappa shape index (κ1) is 42.5. The SMILES string of the molecule is N#Cc1cccc(-c2ccc3c(c2)c2cc(-c4cccc(C#N)c4)ccc2n3-c2cccnc2-c2c(C#N)cccc2-n2c3ccc(-c4cccc(C#N)c4)cc3c3cc(-c4cccc(C#N)c4)ccc32)c1. The molecule has 0 fully saturated rings. The largest absolute Gasteiger partial charge is 0.309 e. The summed E-state index contributed by atoms with van der Waals surface area (Å²) in [6, 6.07) is 77.1. The zero-order chi connectivity index (χ0) is 48.9. The second-order valence-corrected chi connectivity index (χ2v) is 17.6. The van der Waals surface area contributed by atoms with Crippen molar-refractivity contribution in [2.45, 2.75) is 0 Å². The molecule has 0 bridgehead atoms. The molecule has 8 heteroatoms. The van der Waals surface area contributed by atoms with Gasteiger partial charge in [-0.3, -0.25) is 4.98 Å². The maximum absolute atomic E-state index is 11.1. The van der Waals surface area contributed by atoms with Crippen LogP contribution in [-0.2, 0) is 0 Å². The van der Waals surface area contributed by atoms with E-state index in [4.69, 9.17) is 4.98 Å². The van der Waals surface area contributed by atoms with Crippen LogP contribution >= 0.6 is 0 Å². The van der Waals surface area contributed by atoms with Gasteiger partial charge in [0.15, 0.2) is 0 Å². The van der Waals surface area contributed by atoms with E-state index < -0.39 is 0 Å². The Balaban J connectivity index is 1.12. The van der Waals surface area contributed by atoms with Crippen LogP contribution < -0.4 is 0 Å². The number of hydrogen-bond acceptors (Lipinski definition) is 6. The molecule has 12 rings (SSSR count). The molecule has 0 amide bonds. The molecule has 9 aromatic carbocycles. The molecule has 3 aromatic heterocycles. The Kier molecular flexibility index (Phi) is 10.3. The van der Waals surface area contributed by atoms with E-state index in [0.29, 0.717) is 39.1 Å². The highest BCUT2D eigenvalue weighted by atomic mass is 15.0. The molecular weight excluding hydrogens is 881 g/mol. The first-order valence-electron chi connectivity index (χ1n) is 23.1. The van der Waals surface area contributed by atoms with Crippen LogP contribution in [0.1, 0.15) is 27.8 Å². The van der Waals surface area contributed by atoms with E-state index in [1.54, 1.807) is 30.5 Å². The molecule has 0 radical (unpaired) electrons. The van der Waals surface area contributed by atoms with Crippen LogP contribution in [0.5, 0.6) is 0 Å². The van der Waals surface area contributed by atoms with Crippen LogP contribution in [-0.4, -0.2) is 14.1 Å². The zero-order valence-corrected chi connectivity index (χ0v) is 38.2. The van der Waals surface area contributed by atoms with Crippen LogP contribution in [0.2, 0.25) is 0 Å². The fraction of sp³-hybridized carbons (Fsp3) is 0. The summed E-state index contributed by atoms with van der Waals surface area (Å²) >= 11 is 0. The summed E-state index contributed by atoms with van der Waals surface area (Å²) < 4.78 is 4.42. The van der Waals surface area contributed by atoms with Gasteiger partial charge in [-0.25, -0.2) is 0 Å². The summed E-state index contributed by atoms with van der Waals surface area (Å²) in [6.07, 6.45) is 1.76. The number of rotatable bonds is 7. The lowest BCUT2D eigenvalue weighted by Crippen LogP contribution is -2.04. The van der Waals surface area contributed by atoms with Gasteiger partial charge in [-0.2, -0.15) is 26.3 Å². The summed E-state index contributed by atoms with van der Waals surface area (Å²) in [7, 11) is 0. The minimum Gasteiger partial charge on any atom is -0.309 e. The lowest BCUT2D eigenvalue weighted by molar-refractivity contribution is 1.13. The molecule has 0 saturated heterocycles. The van der Waals surface area contributed by atoms with Crippen LogP contribution in [0, 0.1) is 56.7 Å². The van der Waals surface area contributed by atoms with E-state index in [1.165, 1.54) is 0 Å². The molecule has 0 spiro atoms. The highest BCUT2D eigenvalue weighted by Crippen LogP contribution is 2.44. The van der Waals surface area contributed by atoms with Crippen molar-refractivity contribution in [3.8, 4) is 97.5 Å². The van der Waals surface area contributed by atoms with Gasteiger partial charge in [0.05, 0.1) is 97.3 Å². The third-order valence-electron chi connectivity index (χ3n) is 13.5. The Morgan fingerprint density at radius 1 is 0.306 bits per heavy atom. The second kappa shape index (κ2) is 17.4. The molecule has 0 atom stereocenters. The maximum atomic E-state index is 11.1. The van der Waals surface area contributed by atoms with Crippen LogP contribution in [0.25, 0.3) is 111 Å². The monoisotopic (exact) mass is 914 g/mol. The van der Waals surface area contributed by atoms with Gasteiger partial charge in [-0.15, -0.1) is 0 Å². The fourth-order valence-electron chi connectivity index (χ4n) is 10.2. The van der Waals surface area contributed by atoms with Gasteiger partial charge in [0.25, 0.3) is 0 Å². The molecule has 0 aliphatic heterocycles. The van der Waals surface area contributed by atoms with Crippen LogP contribution in [0.3, 0.4) is 0 Å². The predicted molar refractivity (Wildman–Crippen MR) is 284 cm³/mol. The maximum Gasteiger partial charge on any atom is 0.0999 e. The summed E-state index contributed by atoms with van der Waals surface area (Å²) in [5, 5.41) is 54.1. The van der Waals surface area contributed by atoms with E-state index >= 15 is 0 Å². The quantitative estimate of drug-likeness (QED) is 0.156. The third kappa shape index (κ3) is 7.08. The van der Waals surface area contributed by atoms with Crippen molar-refractivity contribution in [3.63, 3.8) is 0 Å². The van der Waals surface area contributed by atoms with Crippen molar-refractivity contribution in [1.82, 2.24) is 14.1 Å². The van der Waals surface area contributed by atoms with E-state index in [0.717, 1.165) is 99.5 Å². The molecule has 0 saturated carbocycles. The fourth-order valence-corrected chi connectivity index (χ4v) is 10.2. The first-order valence-corrected chi connectivity index (χ1v) is 23.1. The molecule has 0 unspecified atom stereocenters. The van der Waals surface area contributed by atoms with Crippen molar-refractivity contribution in [1.29, 1.82) is 26.3 Å². The molecule has 330 valence electrons. The lowest BCUT2D eigenvalue weighted by Gasteiger charge is -2.19. The molecule has 12 aromatic rings. The van der Waals surface area contributed by atoms with Crippen molar-refractivity contribution in [3.05, 3.63) is 234 Å². The van der Waals surface area contributed by atoms with Crippen LogP contribution in [0.15, 0.2) is 206 Å². The summed E-state index contributed by atoms with van der Waals surface area (Å²) in [5.74, 6) is 0. The number of fused-ring (bicyclic) bond motifs is 6. The number of nitriles is 5. The number of nitrogens with zero attached hydrogens (tertiary/aromatic N) is 8. The van der Waals surface area contributed by atoms with Gasteiger partial charge in [0.1, 0.15) is 0 Å².